The minimum Gasteiger partial charge on any atom is -0.467 e. The lowest BCUT2D eigenvalue weighted by molar-refractivity contribution is -0.118. The van der Waals surface area contributed by atoms with E-state index in [2.05, 4.69) is 15.5 Å². The highest BCUT2D eigenvalue weighted by atomic mass is 35.5. The molecule has 3 rings (SSSR count). The highest BCUT2D eigenvalue weighted by Gasteiger charge is 2.12. The number of thioether (sulfide) groups is 1. The zero-order valence-corrected chi connectivity index (χ0v) is 13.5. The molecule has 0 fully saturated rings. The number of hydrogen-bond donors (Lipinski definition) is 1. The third-order valence-electron chi connectivity index (χ3n) is 2.56. The van der Waals surface area contributed by atoms with Crippen LogP contribution < -0.4 is 5.32 Å². The van der Waals surface area contributed by atoms with E-state index in [4.69, 9.17) is 20.4 Å². The predicted molar refractivity (Wildman–Crippen MR) is 83.9 cm³/mol. The summed E-state index contributed by atoms with van der Waals surface area (Å²) < 4.78 is 11.3. The average molecular weight is 356 g/mol. The largest absolute Gasteiger partial charge is 0.467 e. The van der Waals surface area contributed by atoms with E-state index >= 15 is 0 Å². The van der Waals surface area contributed by atoms with Gasteiger partial charge in [-0.25, -0.2) is 0 Å². The van der Waals surface area contributed by atoms with Gasteiger partial charge in [0.2, 0.25) is 5.91 Å². The van der Waals surface area contributed by atoms with Gasteiger partial charge in [0.05, 0.1) is 27.8 Å². The number of carbonyl (C=O) groups excluding carboxylic acids is 1. The van der Waals surface area contributed by atoms with Gasteiger partial charge >= 0.3 is 0 Å². The number of nitrogens with zero attached hydrogens (tertiary/aromatic N) is 2. The van der Waals surface area contributed by atoms with E-state index in [0.29, 0.717) is 27.8 Å². The molecule has 0 bridgehead atoms. The molecule has 3 aromatic heterocycles. The molecule has 1 amide bonds. The van der Waals surface area contributed by atoms with E-state index < -0.39 is 0 Å². The number of aromatic nitrogens is 2. The molecule has 0 saturated heterocycles. The third-order valence-corrected chi connectivity index (χ3v) is 4.59. The summed E-state index contributed by atoms with van der Waals surface area (Å²) in [7, 11) is 0. The van der Waals surface area contributed by atoms with Crippen molar-refractivity contribution >= 4 is 40.6 Å². The number of amides is 1. The zero-order valence-electron chi connectivity index (χ0n) is 11.1. The Kier molecular flexibility index (Phi) is 4.81. The number of thiophene rings is 1. The molecule has 1 N–H and O–H groups in total. The van der Waals surface area contributed by atoms with Gasteiger partial charge in [-0.1, -0.05) is 23.4 Å². The third kappa shape index (κ3) is 3.90. The van der Waals surface area contributed by atoms with E-state index in [-0.39, 0.29) is 11.7 Å². The van der Waals surface area contributed by atoms with Gasteiger partial charge in [-0.05, 0) is 24.3 Å². The Balaban J connectivity index is 1.49. The van der Waals surface area contributed by atoms with Crippen LogP contribution >= 0.6 is 34.7 Å². The van der Waals surface area contributed by atoms with Crippen molar-refractivity contribution < 1.29 is 13.6 Å². The Hall–Kier alpha value is -1.77. The van der Waals surface area contributed by atoms with Crippen molar-refractivity contribution in [2.24, 2.45) is 0 Å². The number of furan rings is 1. The van der Waals surface area contributed by atoms with Gasteiger partial charge in [0, 0.05) is 0 Å². The lowest BCUT2D eigenvalue weighted by Crippen LogP contribution is -2.24. The molecule has 114 valence electrons. The maximum absolute atomic E-state index is 11.7. The van der Waals surface area contributed by atoms with Crippen LogP contribution in [0.2, 0.25) is 4.34 Å². The lowest BCUT2D eigenvalue weighted by Gasteiger charge is -2.00. The van der Waals surface area contributed by atoms with E-state index in [1.165, 1.54) is 23.1 Å². The lowest BCUT2D eigenvalue weighted by atomic mass is 10.4. The number of nitrogens with one attached hydrogen (secondary N) is 1. The molecule has 0 aliphatic carbocycles. The van der Waals surface area contributed by atoms with E-state index in [0.717, 1.165) is 4.88 Å². The molecule has 3 aromatic rings. The minimum atomic E-state index is -0.139. The van der Waals surface area contributed by atoms with Crippen molar-refractivity contribution in [1.82, 2.24) is 15.5 Å². The summed E-state index contributed by atoms with van der Waals surface area (Å²) >= 11 is 8.39. The van der Waals surface area contributed by atoms with Gasteiger partial charge in [0.25, 0.3) is 11.1 Å². The second kappa shape index (κ2) is 6.99. The normalized spacial score (nSPS) is 10.8. The van der Waals surface area contributed by atoms with Crippen molar-refractivity contribution in [3.8, 4) is 10.8 Å². The van der Waals surface area contributed by atoms with Crippen LogP contribution in [0.4, 0.5) is 0 Å². The molecule has 0 spiro atoms. The Morgan fingerprint density at radius 1 is 1.36 bits per heavy atom. The van der Waals surface area contributed by atoms with Crippen LogP contribution in [0.5, 0.6) is 0 Å². The van der Waals surface area contributed by atoms with Crippen LogP contribution in [0.15, 0.2) is 44.6 Å². The summed E-state index contributed by atoms with van der Waals surface area (Å²) in [4.78, 5) is 12.5. The van der Waals surface area contributed by atoms with Crippen LogP contribution in [-0.4, -0.2) is 21.9 Å². The molecule has 0 atom stereocenters. The Labute approximate surface area is 138 Å². The molecule has 6 nitrogen and oxygen atoms in total. The monoisotopic (exact) mass is 355 g/mol. The maximum atomic E-state index is 11.7. The predicted octanol–water partition coefficient (Wildman–Crippen LogP) is 3.45. The Morgan fingerprint density at radius 3 is 3.00 bits per heavy atom. The van der Waals surface area contributed by atoms with Crippen molar-refractivity contribution in [3.05, 3.63) is 40.6 Å². The number of carbonyl (C=O) groups is 1. The maximum Gasteiger partial charge on any atom is 0.277 e. The highest BCUT2D eigenvalue weighted by molar-refractivity contribution is 7.99. The molecule has 0 aromatic carbocycles. The molecule has 22 heavy (non-hydrogen) atoms. The van der Waals surface area contributed by atoms with Crippen molar-refractivity contribution in [2.45, 2.75) is 11.8 Å². The minimum absolute atomic E-state index is 0.139. The summed E-state index contributed by atoms with van der Waals surface area (Å²) in [6.45, 7) is 0.356. The first-order valence-corrected chi connectivity index (χ1v) is 8.40. The van der Waals surface area contributed by atoms with Gasteiger partial charge in [0.15, 0.2) is 0 Å². The Bertz CT molecular complexity index is 754. The Morgan fingerprint density at radius 2 is 2.27 bits per heavy atom. The fourth-order valence-corrected chi connectivity index (χ4v) is 3.13. The van der Waals surface area contributed by atoms with Crippen LogP contribution in [0.1, 0.15) is 5.76 Å². The molecule has 9 heteroatoms. The summed E-state index contributed by atoms with van der Waals surface area (Å²) in [5.41, 5.74) is 0. The van der Waals surface area contributed by atoms with Gasteiger partial charge in [-0.15, -0.1) is 21.5 Å². The number of halogens is 1. The first-order chi connectivity index (χ1) is 10.7. The van der Waals surface area contributed by atoms with Crippen LogP contribution in [-0.2, 0) is 11.3 Å². The van der Waals surface area contributed by atoms with Gasteiger partial charge in [0.1, 0.15) is 5.76 Å². The van der Waals surface area contributed by atoms with Crippen LogP contribution in [0.25, 0.3) is 10.8 Å². The van der Waals surface area contributed by atoms with E-state index in [9.17, 15) is 4.79 Å². The molecular formula is C13H10ClN3O3S2. The van der Waals surface area contributed by atoms with Crippen molar-refractivity contribution in [1.29, 1.82) is 0 Å². The molecule has 0 aliphatic heterocycles. The van der Waals surface area contributed by atoms with Gasteiger partial charge < -0.3 is 14.2 Å². The molecule has 0 radical (unpaired) electrons. The first-order valence-electron chi connectivity index (χ1n) is 6.22. The molecule has 3 heterocycles. The smallest absolute Gasteiger partial charge is 0.277 e. The summed E-state index contributed by atoms with van der Waals surface area (Å²) in [6, 6.07) is 7.14. The quantitative estimate of drug-likeness (QED) is 0.682. The van der Waals surface area contributed by atoms with Crippen molar-refractivity contribution in [2.75, 3.05) is 5.75 Å². The average Bonchev–Trinajstić information content (AvgIpc) is 3.24. The second-order valence-electron chi connectivity index (χ2n) is 4.12. The molecule has 0 saturated carbocycles. The van der Waals surface area contributed by atoms with Gasteiger partial charge in [-0.3, -0.25) is 4.79 Å². The zero-order chi connectivity index (χ0) is 15.4. The topological polar surface area (TPSA) is 81.2 Å². The molecule has 0 unspecified atom stereocenters. The number of hydrogen-bond acceptors (Lipinski definition) is 7. The standard InChI is InChI=1S/C13H10ClN3O3S2/c14-10-4-3-9(22-10)12-16-17-13(20-12)21-7-11(18)15-6-8-2-1-5-19-8/h1-5H,6-7H2,(H,15,18). The number of rotatable bonds is 6. The fraction of sp³-hybridized carbons (Fsp3) is 0.154. The first kappa shape index (κ1) is 15.1. The summed E-state index contributed by atoms with van der Waals surface area (Å²) in [6.07, 6.45) is 1.56. The summed E-state index contributed by atoms with van der Waals surface area (Å²) in [5.74, 6) is 1.15. The SMILES string of the molecule is O=C(CSc1nnc(-c2ccc(Cl)s2)o1)NCc1ccco1. The second-order valence-corrected chi connectivity index (χ2v) is 6.76. The summed E-state index contributed by atoms with van der Waals surface area (Å²) in [5, 5.41) is 10.9. The highest BCUT2D eigenvalue weighted by Crippen LogP contribution is 2.31. The van der Waals surface area contributed by atoms with E-state index in [1.54, 1.807) is 24.5 Å². The fourth-order valence-electron chi connectivity index (χ4n) is 1.57. The van der Waals surface area contributed by atoms with Crippen molar-refractivity contribution in [3.63, 3.8) is 0 Å². The van der Waals surface area contributed by atoms with Crippen LogP contribution in [0, 0.1) is 0 Å². The van der Waals surface area contributed by atoms with Crippen LogP contribution in [0.3, 0.4) is 0 Å². The van der Waals surface area contributed by atoms with E-state index in [1.807, 2.05) is 6.07 Å². The molecule has 0 aliphatic rings. The van der Waals surface area contributed by atoms with Gasteiger partial charge in [-0.2, -0.15) is 0 Å². The molecular weight excluding hydrogens is 346 g/mol.